The van der Waals surface area contributed by atoms with Crippen molar-refractivity contribution in [2.24, 2.45) is 0 Å². The van der Waals surface area contributed by atoms with Crippen molar-refractivity contribution in [2.45, 2.75) is 0 Å². The first kappa shape index (κ1) is 18.1. The fourth-order valence-electron chi connectivity index (χ4n) is 4.75. The maximum atomic E-state index is 6.52. The zero-order chi connectivity index (χ0) is 21.8. The van der Waals surface area contributed by atoms with Gasteiger partial charge in [0.15, 0.2) is 11.2 Å². The highest BCUT2D eigenvalue weighted by Crippen LogP contribution is 2.40. The number of hydrogen-bond acceptors (Lipinski definition) is 3. The summed E-state index contributed by atoms with van der Waals surface area (Å²) in [6, 6.07) is 37.2. The number of benzene rings is 5. The summed E-state index contributed by atoms with van der Waals surface area (Å²) in [6.07, 6.45) is 0. The molecule has 2 heterocycles. The maximum absolute atomic E-state index is 6.52. The lowest BCUT2D eigenvalue weighted by atomic mass is 10.0. The standard InChI is InChI=1S/C30H19NO2/c1-2-9-19(10-3-1)20-12-6-13-23-24-15-8-17-26(30(24)33-28(20)23)31-25-16-7-14-22-21-11-4-5-18-27(21)32-29(22)25/h1-18,31H. The molecule has 33 heavy (non-hydrogen) atoms. The molecule has 0 fully saturated rings. The summed E-state index contributed by atoms with van der Waals surface area (Å²) in [5.41, 5.74) is 7.53. The molecule has 0 aliphatic carbocycles. The van der Waals surface area contributed by atoms with Crippen LogP contribution in [0.2, 0.25) is 0 Å². The van der Waals surface area contributed by atoms with Gasteiger partial charge in [-0.25, -0.2) is 0 Å². The van der Waals surface area contributed by atoms with E-state index < -0.39 is 0 Å². The lowest BCUT2D eigenvalue weighted by molar-refractivity contribution is 0.669. The van der Waals surface area contributed by atoms with Gasteiger partial charge in [-0.3, -0.25) is 0 Å². The molecule has 0 radical (unpaired) electrons. The Morgan fingerprint density at radius 3 is 1.79 bits per heavy atom. The second-order valence-electron chi connectivity index (χ2n) is 8.24. The molecular formula is C30H19NO2. The molecule has 1 N–H and O–H groups in total. The minimum atomic E-state index is 0.837. The predicted molar refractivity (Wildman–Crippen MR) is 136 cm³/mol. The van der Waals surface area contributed by atoms with E-state index in [1.54, 1.807) is 0 Å². The molecular weight excluding hydrogens is 406 g/mol. The number of fused-ring (bicyclic) bond motifs is 6. The quantitative estimate of drug-likeness (QED) is 0.307. The number of anilines is 2. The van der Waals surface area contributed by atoms with Crippen LogP contribution in [0.15, 0.2) is 118 Å². The van der Waals surface area contributed by atoms with Crippen molar-refractivity contribution in [3.63, 3.8) is 0 Å². The van der Waals surface area contributed by atoms with Gasteiger partial charge in [0.05, 0.1) is 11.4 Å². The number of nitrogens with one attached hydrogen (secondary N) is 1. The SMILES string of the molecule is c1ccc(-c2cccc3c2oc2c(Nc4cccc5c4oc4ccccc45)cccc23)cc1. The van der Waals surface area contributed by atoms with Crippen LogP contribution in [-0.4, -0.2) is 0 Å². The Hall–Kier alpha value is -4.50. The van der Waals surface area contributed by atoms with Gasteiger partial charge in [0.25, 0.3) is 0 Å². The molecule has 0 bridgehead atoms. The van der Waals surface area contributed by atoms with Crippen molar-refractivity contribution in [1.82, 2.24) is 0 Å². The smallest absolute Gasteiger partial charge is 0.158 e. The maximum Gasteiger partial charge on any atom is 0.158 e. The highest BCUT2D eigenvalue weighted by atomic mass is 16.3. The normalized spacial score (nSPS) is 11.6. The van der Waals surface area contributed by atoms with Crippen LogP contribution in [0.3, 0.4) is 0 Å². The van der Waals surface area contributed by atoms with Crippen LogP contribution in [0.25, 0.3) is 55.0 Å². The van der Waals surface area contributed by atoms with E-state index in [9.17, 15) is 0 Å². The first-order valence-corrected chi connectivity index (χ1v) is 11.0. The lowest BCUT2D eigenvalue weighted by Gasteiger charge is -2.07. The van der Waals surface area contributed by atoms with E-state index in [0.717, 1.165) is 66.4 Å². The Kier molecular flexibility index (Phi) is 3.84. The highest BCUT2D eigenvalue weighted by Gasteiger charge is 2.16. The van der Waals surface area contributed by atoms with Crippen molar-refractivity contribution in [2.75, 3.05) is 5.32 Å². The Labute approximate surface area is 189 Å². The van der Waals surface area contributed by atoms with E-state index in [0.29, 0.717) is 0 Å². The van der Waals surface area contributed by atoms with Crippen molar-refractivity contribution in [3.8, 4) is 11.1 Å². The van der Waals surface area contributed by atoms with Crippen LogP contribution in [0.4, 0.5) is 11.4 Å². The fraction of sp³-hybridized carbons (Fsp3) is 0. The molecule has 0 unspecified atom stereocenters. The van der Waals surface area contributed by atoms with Crippen LogP contribution in [0, 0.1) is 0 Å². The summed E-state index contributed by atoms with van der Waals surface area (Å²) in [5, 5.41) is 7.99. The van der Waals surface area contributed by atoms with E-state index in [4.69, 9.17) is 8.83 Å². The third-order valence-electron chi connectivity index (χ3n) is 6.28. The van der Waals surface area contributed by atoms with Gasteiger partial charge in [-0.2, -0.15) is 0 Å². The van der Waals surface area contributed by atoms with Crippen LogP contribution in [0.5, 0.6) is 0 Å². The van der Waals surface area contributed by atoms with Crippen molar-refractivity contribution in [1.29, 1.82) is 0 Å². The topological polar surface area (TPSA) is 38.3 Å². The van der Waals surface area contributed by atoms with Gasteiger partial charge in [0, 0.05) is 27.1 Å². The molecule has 0 amide bonds. The summed E-state index contributed by atoms with van der Waals surface area (Å²) < 4.78 is 12.7. The van der Waals surface area contributed by atoms with Gasteiger partial charge in [-0.05, 0) is 23.8 Å². The monoisotopic (exact) mass is 425 g/mol. The molecule has 7 aromatic rings. The van der Waals surface area contributed by atoms with Crippen LogP contribution >= 0.6 is 0 Å². The van der Waals surface area contributed by atoms with Gasteiger partial charge < -0.3 is 14.2 Å². The van der Waals surface area contributed by atoms with Crippen molar-refractivity contribution < 1.29 is 8.83 Å². The van der Waals surface area contributed by atoms with E-state index >= 15 is 0 Å². The number of furan rings is 2. The Bertz CT molecular complexity index is 1790. The van der Waals surface area contributed by atoms with E-state index in [-0.39, 0.29) is 0 Å². The summed E-state index contributed by atoms with van der Waals surface area (Å²) >= 11 is 0. The molecule has 2 aromatic heterocycles. The Balaban J connectivity index is 1.42. The Morgan fingerprint density at radius 1 is 0.424 bits per heavy atom. The van der Waals surface area contributed by atoms with Crippen molar-refractivity contribution >= 4 is 55.3 Å². The van der Waals surface area contributed by atoms with Crippen molar-refractivity contribution in [3.05, 3.63) is 109 Å². The zero-order valence-electron chi connectivity index (χ0n) is 17.7. The molecule has 0 aliphatic heterocycles. The molecule has 0 atom stereocenters. The van der Waals surface area contributed by atoms with Gasteiger partial charge in [0.2, 0.25) is 0 Å². The minimum Gasteiger partial charge on any atom is -0.454 e. The summed E-state index contributed by atoms with van der Waals surface area (Å²) in [6.45, 7) is 0. The summed E-state index contributed by atoms with van der Waals surface area (Å²) in [7, 11) is 0. The Morgan fingerprint density at radius 2 is 1.00 bits per heavy atom. The van der Waals surface area contributed by atoms with Crippen LogP contribution < -0.4 is 5.32 Å². The molecule has 3 heteroatoms. The van der Waals surface area contributed by atoms with Crippen LogP contribution in [-0.2, 0) is 0 Å². The average Bonchev–Trinajstić information content (AvgIpc) is 3.44. The molecule has 156 valence electrons. The second kappa shape index (κ2) is 7.01. The highest BCUT2D eigenvalue weighted by molar-refractivity contribution is 6.14. The number of rotatable bonds is 3. The molecule has 5 aromatic carbocycles. The minimum absolute atomic E-state index is 0.837. The number of para-hydroxylation sites is 4. The summed E-state index contributed by atoms with van der Waals surface area (Å²) in [4.78, 5) is 0. The number of hydrogen-bond donors (Lipinski definition) is 1. The molecule has 0 aliphatic rings. The molecule has 0 spiro atoms. The van der Waals surface area contributed by atoms with Crippen LogP contribution in [0.1, 0.15) is 0 Å². The van der Waals surface area contributed by atoms with Gasteiger partial charge in [-0.1, -0.05) is 91.0 Å². The molecule has 7 rings (SSSR count). The van der Waals surface area contributed by atoms with E-state index in [1.165, 1.54) is 0 Å². The first-order chi connectivity index (χ1) is 16.4. The third-order valence-corrected chi connectivity index (χ3v) is 6.28. The molecule has 0 saturated carbocycles. The molecule has 0 saturated heterocycles. The third kappa shape index (κ3) is 2.76. The summed E-state index contributed by atoms with van der Waals surface area (Å²) in [5.74, 6) is 0. The largest absolute Gasteiger partial charge is 0.454 e. The first-order valence-electron chi connectivity index (χ1n) is 11.0. The van der Waals surface area contributed by atoms with E-state index in [2.05, 4.69) is 78.1 Å². The van der Waals surface area contributed by atoms with Gasteiger partial charge in [0.1, 0.15) is 11.2 Å². The van der Waals surface area contributed by atoms with Gasteiger partial charge in [-0.15, -0.1) is 0 Å². The average molecular weight is 425 g/mol. The van der Waals surface area contributed by atoms with E-state index in [1.807, 2.05) is 36.4 Å². The second-order valence-corrected chi connectivity index (χ2v) is 8.24. The molecule has 3 nitrogen and oxygen atoms in total. The predicted octanol–water partition coefficient (Wildman–Crippen LogP) is 8.90. The zero-order valence-corrected chi connectivity index (χ0v) is 17.7. The lowest BCUT2D eigenvalue weighted by Crippen LogP contribution is -1.90. The fourth-order valence-corrected chi connectivity index (χ4v) is 4.75. The van der Waals surface area contributed by atoms with Gasteiger partial charge >= 0.3 is 0 Å².